The van der Waals surface area contributed by atoms with Gasteiger partial charge in [-0.1, -0.05) is 22.0 Å². The topological polar surface area (TPSA) is 43.1 Å². The number of hydrogen-bond donors (Lipinski definition) is 0. The van der Waals surface area contributed by atoms with Crippen LogP contribution in [0.4, 0.5) is 5.69 Å². The van der Waals surface area contributed by atoms with E-state index in [1.54, 1.807) is 12.1 Å². The lowest BCUT2D eigenvalue weighted by Crippen LogP contribution is -1.94. The van der Waals surface area contributed by atoms with Crippen LogP contribution in [0, 0.1) is 22.5 Å². The highest BCUT2D eigenvalue weighted by molar-refractivity contribution is 9.10. The first-order valence-electron chi connectivity index (χ1n) is 3.51. The third kappa shape index (κ3) is 2.30. The molecule has 0 aliphatic rings. The Morgan fingerprint density at radius 3 is 2.85 bits per heavy atom. The van der Waals surface area contributed by atoms with E-state index in [9.17, 15) is 10.1 Å². The summed E-state index contributed by atoms with van der Waals surface area (Å²) in [6.07, 6.45) is 5.36. The molecule has 0 amide bonds. The van der Waals surface area contributed by atoms with Crippen molar-refractivity contribution in [1.82, 2.24) is 0 Å². The Kier molecular flexibility index (Phi) is 3.04. The lowest BCUT2D eigenvalue weighted by atomic mass is 10.1. The predicted molar refractivity (Wildman–Crippen MR) is 53.3 cm³/mol. The molecule has 4 heteroatoms. The molecule has 0 saturated heterocycles. The van der Waals surface area contributed by atoms with Gasteiger partial charge in [0.05, 0.1) is 4.92 Å². The maximum atomic E-state index is 10.6. The van der Waals surface area contributed by atoms with E-state index in [1.807, 2.05) is 0 Å². The van der Waals surface area contributed by atoms with Gasteiger partial charge in [-0.25, -0.2) is 0 Å². The molecule has 3 nitrogen and oxygen atoms in total. The van der Waals surface area contributed by atoms with Gasteiger partial charge in [0.25, 0.3) is 5.69 Å². The smallest absolute Gasteiger partial charge is 0.258 e. The number of halogens is 1. The largest absolute Gasteiger partial charge is 0.274 e. The van der Waals surface area contributed by atoms with Gasteiger partial charge in [-0.05, 0) is 6.07 Å². The summed E-state index contributed by atoms with van der Waals surface area (Å²) in [7, 11) is 0. The first-order chi connectivity index (χ1) is 6.15. The van der Waals surface area contributed by atoms with Crippen LogP contribution in [0.15, 0.2) is 22.7 Å². The fourth-order valence-corrected chi connectivity index (χ4v) is 1.32. The molecule has 13 heavy (non-hydrogen) atoms. The normalized spacial score (nSPS) is 9.23. The van der Waals surface area contributed by atoms with Crippen LogP contribution in [-0.2, 0) is 6.42 Å². The molecule has 0 aromatic heterocycles. The van der Waals surface area contributed by atoms with Crippen molar-refractivity contribution < 1.29 is 4.92 Å². The Morgan fingerprint density at radius 2 is 2.31 bits per heavy atom. The van der Waals surface area contributed by atoms with Gasteiger partial charge >= 0.3 is 0 Å². The molecule has 66 valence electrons. The van der Waals surface area contributed by atoms with Crippen molar-refractivity contribution in [2.24, 2.45) is 0 Å². The average molecular weight is 240 g/mol. The van der Waals surface area contributed by atoms with E-state index in [4.69, 9.17) is 6.42 Å². The van der Waals surface area contributed by atoms with Crippen molar-refractivity contribution >= 4 is 21.6 Å². The fourth-order valence-electron chi connectivity index (χ4n) is 0.966. The van der Waals surface area contributed by atoms with Crippen molar-refractivity contribution in [3.8, 4) is 12.3 Å². The Labute approximate surface area is 84.0 Å². The number of benzene rings is 1. The molecule has 0 aliphatic heterocycles. The van der Waals surface area contributed by atoms with Gasteiger partial charge in [-0.3, -0.25) is 10.1 Å². The van der Waals surface area contributed by atoms with Crippen LogP contribution >= 0.6 is 15.9 Å². The first-order valence-corrected chi connectivity index (χ1v) is 4.30. The summed E-state index contributed by atoms with van der Waals surface area (Å²) in [5.41, 5.74) is 0.628. The maximum absolute atomic E-state index is 10.6. The molecular weight excluding hydrogens is 234 g/mol. The zero-order valence-electron chi connectivity index (χ0n) is 6.66. The highest BCUT2D eigenvalue weighted by Gasteiger charge is 2.12. The monoisotopic (exact) mass is 239 g/mol. The molecule has 0 atom stereocenters. The minimum Gasteiger partial charge on any atom is -0.258 e. The van der Waals surface area contributed by atoms with Gasteiger partial charge < -0.3 is 0 Å². The van der Waals surface area contributed by atoms with Gasteiger partial charge in [0.2, 0.25) is 0 Å². The molecule has 0 spiro atoms. The third-order valence-electron chi connectivity index (χ3n) is 1.54. The maximum Gasteiger partial charge on any atom is 0.274 e. The van der Waals surface area contributed by atoms with Crippen LogP contribution in [-0.4, -0.2) is 4.92 Å². The Balaban J connectivity index is 3.20. The average Bonchev–Trinajstić information content (AvgIpc) is 2.08. The second-order valence-electron chi connectivity index (χ2n) is 2.41. The summed E-state index contributed by atoms with van der Waals surface area (Å²) in [5.74, 6) is 2.38. The van der Waals surface area contributed by atoms with Gasteiger partial charge in [0.1, 0.15) is 0 Å². The lowest BCUT2D eigenvalue weighted by molar-refractivity contribution is -0.385. The number of terminal acetylenes is 1. The van der Waals surface area contributed by atoms with Gasteiger partial charge in [0, 0.05) is 22.5 Å². The van der Waals surface area contributed by atoms with E-state index in [0.717, 1.165) is 0 Å². The molecule has 0 saturated carbocycles. The zero-order valence-corrected chi connectivity index (χ0v) is 8.24. The molecule has 0 aliphatic carbocycles. The minimum atomic E-state index is -0.433. The number of nitrogens with zero attached hydrogens (tertiary/aromatic N) is 1. The quantitative estimate of drug-likeness (QED) is 0.453. The van der Waals surface area contributed by atoms with Crippen LogP contribution < -0.4 is 0 Å². The summed E-state index contributed by atoms with van der Waals surface area (Å²) >= 11 is 3.16. The Bertz CT molecular complexity index is 382. The van der Waals surface area contributed by atoms with Gasteiger partial charge in [0.15, 0.2) is 0 Å². The minimum absolute atomic E-state index is 0.0623. The third-order valence-corrected chi connectivity index (χ3v) is 2.03. The molecule has 0 N–H and O–H groups in total. The highest BCUT2D eigenvalue weighted by atomic mass is 79.9. The number of rotatable bonds is 2. The van der Waals surface area contributed by atoms with E-state index in [1.165, 1.54) is 6.07 Å². The molecule has 1 aromatic carbocycles. The number of hydrogen-bond acceptors (Lipinski definition) is 2. The SMILES string of the molecule is C#CCc1ccc(Br)cc1[N+](=O)[O-]. The molecule has 0 fully saturated rings. The molecule has 0 radical (unpaired) electrons. The van der Waals surface area contributed by atoms with Crippen molar-refractivity contribution in [3.05, 3.63) is 38.3 Å². The molecule has 0 heterocycles. The Morgan fingerprint density at radius 1 is 1.62 bits per heavy atom. The highest BCUT2D eigenvalue weighted by Crippen LogP contribution is 2.23. The predicted octanol–water partition coefficient (Wildman–Crippen LogP) is 2.53. The lowest BCUT2D eigenvalue weighted by Gasteiger charge is -1.98. The molecule has 0 unspecified atom stereocenters. The fraction of sp³-hybridized carbons (Fsp3) is 0.111. The van der Waals surface area contributed by atoms with Crippen molar-refractivity contribution in [3.63, 3.8) is 0 Å². The molecule has 0 bridgehead atoms. The van der Waals surface area contributed by atoms with Crippen LogP contribution in [0.25, 0.3) is 0 Å². The van der Waals surface area contributed by atoms with Crippen molar-refractivity contribution in [2.45, 2.75) is 6.42 Å². The first kappa shape index (κ1) is 9.75. The van der Waals surface area contributed by atoms with E-state index >= 15 is 0 Å². The van der Waals surface area contributed by atoms with E-state index in [2.05, 4.69) is 21.9 Å². The zero-order chi connectivity index (χ0) is 9.84. The van der Waals surface area contributed by atoms with E-state index < -0.39 is 4.92 Å². The van der Waals surface area contributed by atoms with Crippen molar-refractivity contribution in [2.75, 3.05) is 0 Å². The van der Waals surface area contributed by atoms with E-state index in [0.29, 0.717) is 10.0 Å². The second kappa shape index (κ2) is 4.06. The number of nitro groups is 1. The van der Waals surface area contributed by atoms with Crippen molar-refractivity contribution in [1.29, 1.82) is 0 Å². The summed E-state index contributed by atoms with van der Waals surface area (Å²) < 4.78 is 0.681. The second-order valence-corrected chi connectivity index (χ2v) is 3.33. The standard InChI is InChI=1S/C9H6BrNO2/c1-2-3-7-4-5-8(10)6-9(7)11(12)13/h1,4-6H,3H2. The van der Waals surface area contributed by atoms with Crippen LogP contribution in [0.3, 0.4) is 0 Å². The summed E-state index contributed by atoms with van der Waals surface area (Å²) in [4.78, 5) is 10.1. The number of nitro benzene ring substituents is 1. The van der Waals surface area contributed by atoms with Gasteiger partial charge in [-0.15, -0.1) is 12.3 Å². The van der Waals surface area contributed by atoms with Crippen LogP contribution in [0.1, 0.15) is 5.56 Å². The van der Waals surface area contributed by atoms with Crippen LogP contribution in [0.5, 0.6) is 0 Å². The van der Waals surface area contributed by atoms with E-state index in [-0.39, 0.29) is 12.1 Å². The summed E-state index contributed by atoms with van der Waals surface area (Å²) in [6.45, 7) is 0. The molecule has 1 aromatic rings. The molecule has 1 rings (SSSR count). The Hall–Kier alpha value is -1.34. The molecular formula is C9H6BrNO2. The van der Waals surface area contributed by atoms with Gasteiger partial charge in [-0.2, -0.15) is 0 Å². The summed E-state index contributed by atoms with van der Waals surface area (Å²) in [6, 6.07) is 4.84. The summed E-state index contributed by atoms with van der Waals surface area (Å²) in [5, 5.41) is 10.6. The van der Waals surface area contributed by atoms with Crippen LogP contribution in [0.2, 0.25) is 0 Å².